The Morgan fingerprint density at radius 2 is 2.32 bits per heavy atom. The highest BCUT2D eigenvalue weighted by molar-refractivity contribution is 7.07. The minimum absolute atomic E-state index is 0.0823. The molecule has 6 heteroatoms. The van der Waals surface area contributed by atoms with E-state index in [1.165, 1.54) is 5.56 Å². The average molecular weight is 276 g/mol. The molecule has 2 aromatic rings. The fourth-order valence-corrected chi connectivity index (χ4v) is 2.92. The molecule has 3 rings (SSSR count). The average Bonchev–Trinajstić information content (AvgIpc) is 2.92. The summed E-state index contributed by atoms with van der Waals surface area (Å²) in [7, 11) is 0. The van der Waals surface area contributed by atoms with Gasteiger partial charge in [0.2, 0.25) is 0 Å². The molecule has 0 bridgehead atoms. The predicted molar refractivity (Wildman–Crippen MR) is 74.7 cm³/mol. The van der Waals surface area contributed by atoms with Gasteiger partial charge in [0.1, 0.15) is 17.6 Å². The maximum Gasteiger partial charge on any atom is 0.147 e. The highest BCUT2D eigenvalue weighted by Gasteiger charge is 2.25. The molecule has 2 aromatic heterocycles. The fourth-order valence-electron chi connectivity index (χ4n) is 2.26. The van der Waals surface area contributed by atoms with Gasteiger partial charge in [-0.3, -0.25) is 9.88 Å². The number of rotatable bonds is 3. The number of anilines is 1. The molecule has 1 fully saturated rings. The molecule has 1 atom stereocenters. The first-order chi connectivity index (χ1) is 9.33. The molecule has 0 aliphatic carbocycles. The lowest BCUT2D eigenvalue weighted by Gasteiger charge is -2.32. The van der Waals surface area contributed by atoms with Crippen LogP contribution in [0.1, 0.15) is 17.4 Å². The molecular formula is C13H16N4OS. The smallest absolute Gasteiger partial charge is 0.147 e. The molecular weight excluding hydrogens is 260 g/mol. The largest absolute Gasteiger partial charge is 0.382 e. The summed E-state index contributed by atoms with van der Waals surface area (Å²) in [6.07, 6.45) is 3.18. The standard InChI is InChI=1S/C13H16N4OS/c14-13-12(15-2-3-16-13)11-8-17(4-5-18-11)7-10-1-6-19-9-10/h1-3,6,9,11H,4-5,7-8H2,(H2,14,16). The quantitative estimate of drug-likeness (QED) is 0.924. The van der Waals surface area contributed by atoms with Crippen molar-refractivity contribution < 1.29 is 4.74 Å². The third-order valence-corrected chi connectivity index (χ3v) is 3.93. The molecule has 1 saturated heterocycles. The van der Waals surface area contributed by atoms with E-state index in [1.54, 1.807) is 23.7 Å². The van der Waals surface area contributed by atoms with Crippen LogP contribution in [0.2, 0.25) is 0 Å². The van der Waals surface area contributed by atoms with Gasteiger partial charge < -0.3 is 10.5 Å². The number of hydrogen-bond acceptors (Lipinski definition) is 6. The summed E-state index contributed by atoms with van der Waals surface area (Å²) in [5, 5.41) is 4.29. The van der Waals surface area contributed by atoms with E-state index in [-0.39, 0.29) is 6.10 Å². The molecule has 1 aliphatic heterocycles. The lowest BCUT2D eigenvalue weighted by Crippen LogP contribution is -2.38. The van der Waals surface area contributed by atoms with Crippen LogP contribution in [-0.4, -0.2) is 34.6 Å². The van der Waals surface area contributed by atoms with Crippen LogP contribution in [0.3, 0.4) is 0 Å². The van der Waals surface area contributed by atoms with Crippen LogP contribution in [0.25, 0.3) is 0 Å². The number of nitrogen functional groups attached to an aromatic ring is 1. The van der Waals surface area contributed by atoms with Gasteiger partial charge in [0.25, 0.3) is 0 Å². The van der Waals surface area contributed by atoms with Crippen LogP contribution in [0.4, 0.5) is 5.82 Å². The van der Waals surface area contributed by atoms with Crippen LogP contribution in [0.15, 0.2) is 29.2 Å². The Labute approximate surface area is 116 Å². The fraction of sp³-hybridized carbons (Fsp3) is 0.385. The highest BCUT2D eigenvalue weighted by Crippen LogP contribution is 2.24. The molecule has 0 aromatic carbocycles. The van der Waals surface area contributed by atoms with Crippen LogP contribution in [-0.2, 0) is 11.3 Å². The summed E-state index contributed by atoms with van der Waals surface area (Å²) in [6, 6.07) is 2.16. The van der Waals surface area contributed by atoms with E-state index in [0.29, 0.717) is 12.4 Å². The van der Waals surface area contributed by atoms with Crippen molar-refractivity contribution >= 4 is 17.2 Å². The van der Waals surface area contributed by atoms with E-state index in [2.05, 4.69) is 31.7 Å². The third-order valence-electron chi connectivity index (χ3n) is 3.20. The Kier molecular flexibility index (Phi) is 3.72. The molecule has 1 aliphatic rings. The van der Waals surface area contributed by atoms with Gasteiger partial charge in [-0.05, 0) is 22.4 Å². The number of morpholine rings is 1. The lowest BCUT2D eigenvalue weighted by molar-refractivity contribution is -0.0346. The molecule has 2 N–H and O–H groups in total. The summed E-state index contributed by atoms with van der Waals surface area (Å²) >= 11 is 1.73. The number of nitrogens with two attached hydrogens (primary N) is 1. The van der Waals surface area contributed by atoms with Crippen LogP contribution >= 0.6 is 11.3 Å². The zero-order valence-corrected chi connectivity index (χ0v) is 11.3. The lowest BCUT2D eigenvalue weighted by atomic mass is 10.2. The van der Waals surface area contributed by atoms with Crippen molar-refractivity contribution in [2.24, 2.45) is 0 Å². The molecule has 3 heterocycles. The second-order valence-electron chi connectivity index (χ2n) is 4.55. The maximum atomic E-state index is 5.86. The SMILES string of the molecule is Nc1nccnc1C1CN(Cc2ccsc2)CCO1. The van der Waals surface area contributed by atoms with Gasteiger partial charge in [0.05, 0.1) is 6.61 Å². The van der Waals surface area contributed by atoms with Crippen molar-refractivity contribution in [3.63, 3.8) is 0 Å². The normalized spacial score (nSPS) is 20.5. The molecule has 1 unspecified atom stereocenters. The molecule has 19 heavy (non-hydrogen) atoms. The maximum absolute atomic E-state index is 5.86. The van der Waals surface area contributed by atoms with Crippen molar-refractivity contribution in [3.8, 4) is 0 Å². The van der Waals surface area contributed by atoms with E-state index in [4.69, 9.17) is 10.5 Å². The van der Waals surface area contributed by atoms with Crippen LogP contribution in [0, 0.1) is 0 Å². The highest BCUT2D eigenvalue weighted by atomic mass is 32.1. The van der Waals surface area contributed by atoms with Crippen molar-refractivity contribution in [2.75, 3.05) is 25.4 Å². The zero-order chi connectivity index (χ0) is 13.1. The van der Waals surface area contributed by atoms with Gasteiger partial charge in [-0.25, -0.2) is 4.98 Å². The van der Waals surface area contributed by atoms with Crippen molar-refractivity contribution in [1.82, 2.24) is 14.9 Å². The van der Waals surface area contributed by atoms with Crippen molar-refractivity contribution in [2.45, 2.75) is 12.6 Å². The summed E-state index contributed by atoms with van der Waals surface area (Å²) in [5.41, 5.74) is 7.96. The van der Waals surface area contributed by atoms with E-state index in [0.717, 1.165) is 25.3 Å². The van der Waals surface area contributed by atoms with E-state index < -0.39 is 0 Å². The number of thiophene rings is 1. The van der Waals surface area contributed by atoms with E-state index in [1.807, 2.05) is 0 Å². The zero-order valence-electron chi connectivity index (χ0n) is 10.5. The molecule has 0 saturated carbocycles. The van der Waals surface area contributed by atoms with Gasteiger partial charge >= 0.3 is 0 Å². The second-order valence-corrected chi connectivity index (χ2v) is 5.33. The summed E-state index contributed by atoms with van der Waals surface area (Å²) in [5.74, 6) is 0.463. The Morgan fingerprint density at radius 1 is 1.42 bits per heavy atom. The Morgan fingerprint density at radius 3 is 3.11 bits per heavy atom. The predicted octanol–water partition coefficient (Wildman–Crippen LogP) is 1.69. The minimum Gasteiger partial charge on any atom is -0.382 e. The van der Waals surface area contributed by atoms with Crippen molar-refractivity contribution in [3.05, 3.63) is 40.5 Å². The second kappa shape index (κ2) is 5.64. The van der Waals surface area contributed by atoms with Gasteiger partial charge in [-0.15, -0.1) is 0 Å². The summed E-state index contributed by atoms with van der Waals surface area (Å²) in [6.45, 7) is 3.39. The monoisotopic (exact) mass is 276 g/mol. The molecule has 0 spiro atoms. The first-order valence-corrected chi connectivity index (χ1v) is 7.18. The van der Waals surface area contributed by atoms with E-state index >= 15 is 0 Å². The molecule has 5 nitrogen and oxygen atoms in total. The number of nitrogens with zero attached hydrogens (tertiary/aromatic N) is 3. The number of ether oxygens (including phenoxy) is 1. The molecule has 0 radical (unpaired) electrons. The Hall–Kier alpha value is -1.50. The van der Waals surface area contributed by atoms with Gasteiger partial charge in [-0.2, -0.15) is 11.3 Å². The first-order valence-electron chi connectivity index (χ1n) is 6.24. The molecule has 0 amide bonds. The molecule has 100 valence electrons. The summed E-state index contributed by atoms with van der Waals surface area (Å²) in [4.78, 5) is 10.7. The summed E-state index contributed by atoms with van der Waals surface area (Å²) < 4.78 is 5.77. The van der Waals surface area contributed by atoms with Crippen LogP contribution in [0.5, 0.6) is 0 Å². The first kappa shape index (κ1) is 12.5. The topological polar surface area (TPSA) is 64.3 Å². The van der Waals surface area contributed by atoms with Gasteiger partial charge in [-0.1, -0.05) is 0 Å². The Bertz CT molecular complexity index is 531. The number of aromatic nitrogens is 2. The van der Waals surface area contributed by atoms with Gasteiger partial charge in [0, 0.05) is 32.0 Å². The minimum atomic E-state index is -0.0823. The Balaban J connectivity index is 1.70. The van der Waals surface area contributed by atoms with Gasteiger partial charge in [0.15, 0.2) is 0 Å². The number of hydrogen-bond donors (Lipinski definition) is 1. The third kappa shape index (κ3) is 2.91. The van der Waals surface area contributed by atoms with Crippen molar-refractivity contribution in [1.29, 1.82) is 0 Å². The van der Waals surface area contributed by atoms with E-state index in [9.17, 15) is 0 Å². The van der Waals surface area contributed by atoms with Crippen LogP contribution < -0.4 is 5.73 Å².